The lowest BCUT2D eigenvalue weighted by atomic mass is 9.84. The Kier molecular flexibility index (Phi) is 5.72. The van der Waals surface area contributed by atoms with Crippen LogP contribution in [0.5, 0.6) is 0 Å². The molecule has 1 unspecified atom stereocenters. The van der Waals surface area contributed by atoms with Crippen LogP contribution in [0.2, 0.25) is 5.02 Å². The van der Waals surface area contributed by atoms with E-state index in [2.05, 4.69) is 31.3 Å². The molecule has 2 rings (SSSR count). The molecule has 1 fully saturated rings. The summed E-state index contributed by atoms with van der Waals surface area (Å²) in [7, 11) is 0. The molecule has 1 atom stereocenters. The van der Waals surface area contributed by atoms with Crippen LogP contribution in [0, 0.1) is 5.92 Å². The second kappa shape index (κ2) is 7.31. The van der Waals surface area contributed by atoms with E-state index in [4.69, 9.17) is 11.6 Å². The van der Waals surface area contributed by atoms with Gasteiger partial charge in [-0.05, 0) is 56.6 Å². The zero-order chi connectivity index (χ0) is 13.7. The summed E-state index contributed by atoms with van der Waals surface area (Å²) in [6.45, 7) is 4.59. The lowest BCUT2D eigenvalue weighted by Gasteiger charge is -2.31. The van der Waals surface area contributed by atoms with Crippen molar-refractivity contribution in [3.05, 3.63) is 34.9 Å². The van der Waals surface area contributed by atoms with Crippen molar-refractivity contribution >= 4 is 11.6 Å². The van der Waals surface area contributed by atoms with E-state index in [-0.39, 0.29) is 0 Å². The maximum Gasteiger partial charge on any atom is 0.0438 e. The molecule has 0 heterocycles. The molecule has 1 aromatic rings. The fourth-order valence-corrected chi connectivity index (χ4v) is 3.41. The number of halogens is 1. The molecular formula is C17H26ClN. The predicted molar refractivity (Wildman–Crippen MR) is 83.8 cm³/mol. The van der Waals surface area contributed by atoms with Crippen molar-refractivity contribution < 1.29 is 0 Å². The van der Waals surface area contributed by atoms with E-state index in [0.717, 1.165) is 17.4 Å². The molecule has 106 valence electrons. The van der Waals surface area contributed by atoms with Gasteiger partial charge in [-0.15, -0.1) is 0 Å². The molecule has 19 heavy (non-hydrogen) atoms. The predicted octanol–water partition coefficient (Wildman–Crippen LogP) is 4.83. The van der Waals surface area contributed by atoms with Gasteiger partial charge in [-0.2, -0.15) is 0 Å². The highest BCUT2D eigenvalue weighted by Crippen LogP contribution is 2.27. The minimum absolute atomic E-state index is 0.503. The molecule has 1 N–H and O–H groups in total. The fraction of sp³-hybridized carbons (Fsp3) is 0.647. The molecule has 2 heteroatoms. The highest BCUT2D eigenvalue weighted by Gasteiger charge is 2.21. The van der Waals surface area contributed by atoms with Crippen molar-refractivity contribution in [3.8, 4) is 0 Å². The maximum absolute atomic E-state index is 6.22. The van der Waals surface area contributed by atoms with Crippen LogP contribution in [-0.2, 0) is 6.42 Å². The average Bonchev–Trinajstić information content (AvgIpc) is 2.42. The summed E-state index contributed by atoms with van der Waals surface area (Å²) in [5, 5.41) is 4.67. The molecule has 1 aromatic carbocycles. The Labute approximate surface area is 122 Å². The van der Waals surface area contributed by atoms with E-state index in [1.165, 1.54) is 37.7 Å². The molecule has 0 aliphatic heterocycles. The van der Waals surface area contributed by atoms with Crippen LogP contribution in [0.1, 0.15) is 51.5 Å². The van der Waals surface area contributed by atoms with Gasteiger partial charge in [0, 0.05) is 17.1 Å². The smallest absolute Gasteiger partial charge is 0.0438 e. The lowest BCUT2D eigenvalue weighted by Crippen LogP contribution is -2.40. The van der Waals surface area contributed by atoms with Gasteiger partial charge in [-0.1, -0.05) is 43.1 Å². The number of benzene rings is 1. The van der Waals surface area contributed by atoms with Crippen molar-refractivity contribution in [1.29, 1.82) is 0 Å². The molecule has 0 aromatic heterocycles. The highest BCUT2D eigenvalue weighted by atomic mass is 35.5. The van der Waals surface area contributed by atoms with E-state index in [0.29, 0.717) is 12.1 Å². The second-order valence-corrected chi connectivity index (χ2v) is 6.40. The number of rotatable bonds is 5. The Morgan fingerprint density at radius 1 is 1.21 bits per heavy atom. The van der Waals surface area contributed by atoms with Crippen molar-refractivity contribution in [2.45, 2.75) is 64.5 Å². The van der Waals surface area contributed by atoms with Crippen molar-refractivity contribution in [2.75, 3.05) is 0 Å². The summed E-state index contributed by atoms with van der Waals surface area (Å²) >= 11 is 6.22. The lowest BCUT2D eigenvalue weighted by molar-refractivity contribution is 0.272. The third-order valence-corrected chi connectivity index (χ3v) is 4.80. The quantitative estimate of drug-likeness (QED) is 0.814. The second-order valence-electron chi connectivity index (χ2n) is 5.99. The van der Waals surface area contributed by atoms with Crippen LogP contribution in [0.3, 0.4) is 0 Å². The summed E-state index contributed by atoms with van der Waals surface area (Å²) in [6.07, 6.45) is 7.84. The topological polar surface area (TPSA) is 12.0 Å². The Bertz CT molecular complexity index is 383. The van der Waals surface area contributed by atoms with Crippen molar-refractivity contribution in [1.82, 2.24) is 5.32 Å². The van der Waals surface area contributed by atoms with E-state index in [1.54, 1.807) is 0 Å². The molecule has 0 spiro atoms. The molecular weight excluding hydrogens is 254 g/mol. The van der Waals surface area contributed by atoms with Gasteiger partial charge >= 0.3 is 0 Å². The summed E-state index contributed by atoms with van der Waals surface area (Å²) in [6, 6.07) is 9.39. The minimum Gasteiger partial charge on any atom is -0.311 e. The van der Waals surface area contributed by atoms with Gasteiger partial charge in [-0.3, -0.25) is 0 Å². The molecule has 1 saturated carbocycles. The zero-order valence-corrected chi connectivity index (χ0v) is 12.9. The normalized spacial score (nSPS) is 25.2. The first kappa shape index (κ1) is 14.9. The van der Waals surface area contributed by atoms with Crippen LogP contribution in [0.4, 0.5) is 0 Å². The Morgan fingerprint density at radius 2 is 1.89 bits per heavy atom. The van der Waals surface area contributed by atoms with Crippen LogP contribution in [0.15, 0.2) is 24.3 Å². The van der Waals surface area contributed by atoms with Gasteiger partial charge in [0.15, 0.2) is 0 Å². The van der Waals surface area contributed by atoms with E-state index >= 15 is 0 Å². The van der Waals surface area contributed by atoms with Crippen LogP contribution >= 0.6 is 11.6 Å². The minimum atomic E-state index is 0.503. The van der Waals surface area contributed by atoms with E-state index in [1.807, 2.05) is 12.1 Å². The SMILES string of the molecule is CCC1CCC(NC(C)Cc2ccccc2Cl)CC1. The van der Waals surface area contributed by atoms with E-state index < -0.39 is 0 Å². The zero-order valence-electron chi connectivity index (χ0n) is 12.2. The highest BCUT2D eigenvalue weighted by molar-refractivity contribution is 6.31. The van der Waals surface area contributed by atoms with Crippen LogP contribution < -0.4 is 5.32 Å². The molecule has 0 amide bonds. The summed E-state index contributed by atoms with van der Waals surface area (Å²) < 4.78 is 0. The fourth-order valence-electron chi connectivity index (χ4n) is 3.19. The number of hydrogen-bond donors (Lipinski definition) is 1. The van der Waals surface area contributed by atoms with Crippen LogP contribution in [0.25, 0.3) is 0 Å². The van der Waals surface area contributed by atoms with Gasteiger partial charge in [-0.25, -0.2) is 0 Å². The number of nitrogens with one attached hydrogen (secondary N) is 1. The van der Waals surface area contributed by atoms with Gasteiger partial charge < -0.3 is 5.32 Å². The van der Waals surface area contributed by atoms with Gasteiger partial charge in [0.25, 0.3) is 0 Å². The van der Waals surface area contributed by atoms with E-state index in [9.17, 15) is 0 Å². The third-order valence-electron chi connectivity index (χ3n) is 4.43. The first-order chi connectivity index (χ1) is 9.19. The number of hydrogen-bond acceptors (Lipinski definition) is 1. The summed E-state index contributed by atoms with van der Waals surface area (Å²) in [5.41, 5.74) is 1.26. The average molecular weight is 280 g/mol. The van der Waals surface area contributed by atoms with Crippen molar-refractivity contribution in [2.24, 2.45) is 5.92 Å². The van der Waals surface area contributed by atoms with Gasteiger partial charge in [0.05, 0.1) is 0 Å². The Morgan fingerprint density at radius 3 is 2.53 bits per heavy atom. The Hall–Kier alpha value is -0.530. The van der Waals surface area contributed by atoms with Gasteiger partial charge in [0.2, 0.25) is 0 Å². The van der Waals surface area contributed by atoms with Crippen LogP contribution in [-0.4, -0.2) is 12.1 Å². The molecule has 0 radical (unpaired) electrons. The van der Waals surface area contributed by atoms with Crippen molar-refractivity contribution in [3.63, 3.8) is 0 Å². The monoisotopic (exact) mass is 279 g/mol. The largest absolute Gasteiger partial charge is 0.311 e. The van der Waals surface area contributed by atoms with Gasteiger partial charge in [0.1, 0.15) is 0 Å². The molecule has 1 nitrogen and oxygen atoms in total. The first-order valence-electron chi connectivity index (χ1n) is 7.68. The standard InChI is InChI=1S/C17H26ClN/c1-3-14-8-10-16(11-9-14)19-13(2)12-15-6-4-5-7-17(15)18/h4-7,13-14,16,19H,3,8-12H2,1-2H3. The molecule has 1 aliphatic rings. The molecule has 0 saturated heterocycles. The first-order valence-corrected chi connectivity index (χ1v) is 8.06. The summed E-state index contributed by atoms with van der Waals surface area (Å²) in [5.74, 6) is 0.969. The molecule has 1 aliphatic carbocycles. The third kappa shape index (κ3) is 4.50. The Balaban J connectivity index is 1.79. The molecule has 0 bridgehead atoms. The maximum atomic E-state index is 6.22. The summed E-state index contributed by atoms with van der Waals surface area (Å²) in [4.78, 5) is 0.